The van der Waals surface area contributed by atoms with Gasteiger partial charge in [0.05, 0.1) is 0 Å². The molecule has 3 nitrogen and oxygen atoms in total. The van der Waals surface area contributed by atoms with Crippen molar-refractivity contribution in [2.24, 2.45) is 0 Å². The summed E-state index contributed by atoms with van der Waals surface area (Å²) < 4.78 is 0. The number of hydrogen-bond acceptors (Lipinski definition) is 2. The number of aromatic hydroxyl groups is 1. The third-order valence-electron chi connectivity index (χ3n) is 4.15. The molecule has 0 aliphatic heterocycles. The van der Waals surface area contributed by atoms with Gasteiger partial charge in [0.2, 0.25) is 5.91 Å². The van der Waals surface area contributed by atoms with E-state index < -0.39 is 0 Å². The van der Waals surface area contributed by atoms with Crippen molar-refractivity contribution < 1.29 is 9.90 Å². The molecule has 0 aliphatic rings. The van der Waals surface area contributed by atoms with Gasteiger partial charge < -0.3 is 10.4 Å². The van der Waals surface area contributed by atoms with Crippen LogP contribution in [-0.4, -0.2) is 17.6 Å². The Morgan fingerprint density at radius 2 is 1.46 bits per heavy atom. The van der Waals surface area contributed by atoms with E-state index in [0.717, 1.165) is 18.5 Å². The summed E-state index contributed by atoms with van der Waals surface area (Å²) in [6.45, 7) is 3.00. The second kappa shape index (κ2) is 13.6. The Morgan fingerprint density at radius 3 is 2.04 bits per heavy atom. The van der Waals surface area contributed by atoms with Gasteiger partial charge in [-0.2, -0.15) is 0 Å². The Balaban J connectivity index is 1.95. The number of carbonyl (C=O) groups is 1. The summed E-state index contributed by atoms with van der Waals surface area (Å²) in [5.74, 6) is 0.177. The first kappa shape index (κ1) is 20.3. The summed E-state index contributed by atoms with van der Waals surface area (Å²) >= 11 is 0. The monoisotopic (exact) mass is 331 g/mol. The van der Waals surface area contributed by atoms with Crippen LogP contribution < -0.4 is 5.32 Å². The quantitative estimate of drug-likeness (QED) is 0.373. The number of phenols is 1. The van der Waals surface area contributed by atoms with E-state index in [2.05, 4.69) is 12.2 Å². The molecular weight excluding hydrogens is 298 g/mol. The standard InChI is InChI=1S/C21H33NO2/c1-2-3-4-5-6-7-8-9-10-11-18-22-21(24)17-14-19-12-15-20(23)16-13-19/h12-17,23H,2-11,18H2,1H3,(H,22,24). The molecular formula is C21H33NO2. The number of rotatable bonds is 13. The molecule has 0 saturated carbocycles. The zero-order valence-electron chi connectivity index (χ0n) is 15.1. The predicted octanol–water partition coefficient (Wildman–Crippen LogP) is 5.44. The molecule has 1 aromatic rings. The number of phenolic OH excluding ortho intramolecular Hbond substituents is 1. The summed E-state index contributed by atoms with van der Waals surface area (Å²) in [6, 6.07) is 6.78. The number of hydrogen-bond donors (Lipinski definition) is 2. The van der Waals surface area contributed by atoms with Crippen LogP contribution in [-0.2, 0) is 4.79 Å². The van der Waals surface area contributed by atoms with Crippen molar-refractivity contribution in [1.29, 1.82) is 0 Å². The van der Waals surface area contributed by atoms with E-state index in [4.69, 9.17) is 0 Å². The molecule has 0 heterocycles. The average Bonchev–Trinajstić information content (AvgIpc) is 2.59. The number of nitrogens with one attached hydrogen (secondary N) is 1. The first-order valence-corrected chi connectivity index (χ1v) is 9.47. The van der Waals surface area contributed by atoms with Crippen LogP contribution in [0.3, 0.4) is 0 Å². The SMILES string of the molecule is CCCCCCCCCCCCNC(=O)C=Cc1ccc(O)cc1. The van der Waals surface area contributed by atoms with E-state index in [1.807, 2.05) is 0 Å². The first-order valence-electron chi connectivity index (χ1n) is 9.47. The molecule has 1 rings (SSSR count). The van der Waals surface area contributed by atoms with Crippen LogP contribution in [0.15, 0.2) is 30.3 Å². The van der Waals surface area contributed by atoms with E-state index in [1.165, 1.54) is 57.8 Å². The predicted molar refractivity (Wildman–Crippen MR) is 102 cm³/mol. The van der Waals surface area contributed by atoms with Crippen molar-refractivity contribution in [1.82, 2.24) is 5.32 Å². The van der Waals surface area contributed by atoms with Crippen molar-refractivity contribution in [3.05, 3.63) is 35.9 Å². The van der Waals surface area contributed by atoms with Crippen LogP contribution in [0.2, 0.25) is 0 Å². The maximum absolute atomic E-state index is 11.7. The molecule has 2 N–H and O–H groups in total. The lowest BCUT2D eigenvalue weighted by Crippen LogP contribution is -2.21. The van der Waals surface area contributed by atoms with E-state index in [-0.39, 0.29) is 11.7 Å². The van der Waals surface area contributed by atoms with Crippen molar-refractivity contribution in [2.45, 2.75) is 71.1 Å². The minimum absolute atomic E-state index is 0.0565. The fourth-order valence-corrected chi connectivity index (χ4v) is 2.64. The second-order valence-corrected chi connectivity index (χ2v) is 6.40. The molecule has 0 saturated heterocycles. The van der Waals surface area contributed by atoms with Crippen LogP contribution in [0.25, 0.3) is 6.08 Å². The van der Waals surface area contributed by atoms with Crippen LogP contribution >= 0.6 is 0 Å². The molecule has 0 radical (unpaired) electrons. The number of benzene rings is 1. The summed E-state index contributed by atoms with van der Waals surface area (Å²) in [5.41, 5.74) is 0.905. The van der Waals surface area contributed by atoms with Gasteiger partial charge in [0.15, 0.2) is 0 Å². The molecule has 0 aromatic heterocycles. The number of unbranched alkanes of at least 4 members (excludes halogenated alkanes) is 9. The van der Waals surface area contributed by atoms with E-state index in [0.29, 0.717) is 0 Å². The molecule has 0 spiro atoms. The van der Waals surface area contributed by atoms with Gasteiger partial charge in [-0.15, -0.1) is 0 Å². The zero-order chi connectivity index (χ0) is 17.5. The van der Waals surface area contributed by atoms with Crippen LogP contribution in [0.4, 0.5) is 0 Å². The van der Waals surface area contributed by atoms with Gasteiger partial charge in [-0.25, -0.2) is 0 Å². The normalized spacial score (nSPS) is 11.0. The Bertz CT molecular complexity index is 465. The minimum Gasteiger partial charge on any atom is -0.508 e. The third kappa shape index (κ3) is 10.9. The van der Waals surface area contributed by atoms with Gasteiger partial charge >= 0.3 is 0 Å². The highest BCUT2D eigenvalue weighted by molar-refractivity contribution is 5.91. The first-order chi connectivity index (χ1) is 11.7. The van der Waals surface area contributed by atoms with Crippen LogP contribution in [0, 0.1) is 0 Å². The lowest BCUT2D eigenvalue weighted by Gasteiger charge is -2.03. The van der Waals surface area contributed by atoms with Gasteiger partial charge in [-0.05, 0) is 30.2 Å². The molecule has 0 fully saturated rings. The number of amides is 1. The summed E-state index contributed by atoms with van der Waals surface area (Å²) in [7, 11) is 0. The fraction of sp³-hybridized carbons (Fsp3) is 0.571. The molecule has 1 aromatic carbocycles. The molecule has 0 bridgehead atoms. The third-order valence-corrected chi connectivity index (χ3v) is 4.15. The van der Waals surface area contributed by atoms with E-state index >= 15 is 0 Å². The van der Waals surface area contributed by atoms with Crippen LogP contribution in [0.5, 0.6) is 5.75 Å². The van der Waals surface area contributed by atoms with E-state index in [1.54, 1.807) is 36.4 Å². The minimum atomic E-state index is -0.0565. The van der Waals surface area contributed by atoms with E-state index in [9.17, 15) is 9.90 Å². The topological polar surface area (TPSA) is 49.3 Å². The maximum Gasteiger partial charge on any atom is 0.243 e. The van der Waals surface area contributed by atoms with Crippen molar-refractivity contribution in [2.75, 3.05) is 6.54 Å². The van der Waals surface area contributed by atoms with Gasteiger partial charge in [0.25, 0.3) is 0 Å². The smallest absolute Gasteiger partial charge is 0.243 e. The largest absolute Gasteiger partial charge is 0.508 e. The van der Waals surface area contributed by atoms with Crippen LogP contribution in [0.1, 0.15) is 76.7 Å². The molecule has 0 aliphatic carbocycles. The number of carbonyl (C=O) groups excluding carboxylic acids is 1. The molecule has 3 heteroatoms. The van der Waals surface area contributed by atoms with Gasteiger partial charge in [-0.1, -0.05) is 76.8 Å². The molecule has 134 valence electrons. The fourth-order valence-electron chi connectivity index (χ4n) is 2.64. The maximum atomic E-state index is 11.7. The van der Waals surface area contributed by atoms with Gasteiger partial charge in [0.1, 0.15) is 5.75 Å². The average molecular weight is 332 g/mol. The van der Waals surface area contributed by atoms with Crippen molar-refractivity contribution >= 4 is 12.0 Å². The summed E-state index contributed by atoms with van der Waals surface area (Å²) in [4.78, 5) is 11.7. The second-order valence-electron chi connectivity index (χ2n) is 6.40. The highest BCUT2D eigenvalue weighted by atomic mass is 16.3. The lowest BCUT2D eigenvalue weighted by molar-refractivity contribution is -0.116. The molecule has 24 heavy (non-hydrogen) atoms. The summed E-state index contributed by atoms with van der Waals surface area (Å²) in [6.07, 6.45) is 16.3. The van der Waals surface area contributed by atoms with Crippen molar-refractivity contribution in [3.63, 3.8) is 0 Å². The highest BCUT2D eigenvalue weighted by Crippen LogP contribution is 2.11. The summed E-state index contributed by atoms with van der Waals surface area (Å²) in [5, 5.41) is 12.1. The van der Waals surface area contributed by atoms with Gasteiger partial charge in [-0.3, -0.25) is 4.79 Å². The molecule has 1 amide bonds. The molecule has 0 unspecified atom stereocenters. The Kier molecular flexibility index (Phi) is 11.5. The molecule has 0 atom stereocenters. The lowest BCUT2D eigenvalue weighted by atomic mass is 10.1. The Labute approximate surface area is 147 Å². The highest BCUT2D eigenvalue weighted by Gasteiger charge is 1.96. The zero-order valence-corrected chi connectivity index (χ0v) is 15.1. The van der Waals surface area contributed by atoms with Gasteiger partial charge in [0, 0.05) is 12.6 Å². The Morgan fingerprint density at radius 1 is 0.917 bits per heavy atom. The Hall–Kier alpha value is -1.77. The van der Waals surface area contributed by atoms with Crippen molar-refractivity contribution in [3.8, 4) is 5.75 Å².